The lowest BCUT2D eigenvalue weighted by molar-refractivity contribution is 0.0140. The van der Waals surface area contributed by atoms with Gasteiger partial charge < -0.3 is 20.4 Å². The zero-order chi connectivity index (χ0) is 25.8. The summed E-state index contributed by atoms with van der Waals surface area (Å²) in [7, 11) is 0. The number of aromatic nitrogens is 4. The molecule has 1 amide bonds. The molecule has 0 bridgehead atoms. The van der Waals surface area contributed by atoms with Crippen LogP contribution in [0.25, 0.3) is 11.0 Å². The van der Waals surface area contributed by atoms with Crippen LogP contribution in [0.15, 0.2) is 24.5 Å². The first-order valence-corrected chi connectivity index (χ1v) is 11.8. The maximum atomic E-state index is 14.5. The third-order valence-corrected chi connectivity index (χ3v) is 7.24. The average molecular weight is 505 g/mol. The van der Waals surface area contributed by atoms with Crippen molar-refractivity contribution in [3.05, 3.63) is 47.4 Å². The van der Waals surface area contributed by atoms with Gasteiger partial charge in [-0.05, 0) is 50.8 Å². The maximum absolute atomic E-state index is 14.5. The van der Waals surface area contributed by atoms with Crippen LogP contribution >= 0.6 is 0 Å². The third-order valence-electron chi connectivity index (χ3n) is 7.24. The van der Waals surface area contributed by atoms with Crippen molar-refractivity contribution in [3.8, 4) is 0 Å². The van der Waals surface area contributed by atoms with Crippen LogP contribution in [0.3, 0.4) is 0 Å². The number of hydrogen-bond acceptors (Lipinski definition) is 7. The number of nitrogens with zero attached hydrogens (tertiary/aromatic N) is 4. The molecule has 9 nitrogen and oxygen atoms in total. The van der Waals surface area contributed by atoms with E-state index >= 15 is 0 Å². The van der Waals surface area contributed by atoms with Gasteiger partial charge in [-0.25, -0.2) is 23.1 Å². The first-order chi connectivity index (χ1) is 17.0. The van der Waals surface area contributed by atoms with Crippen LogP contribution in [-0.4, -0.2) is 71.6 Å². The normalized spacial score (nSPS) is 26.6. The molecule has 3 aromatic rings. The molecule has 36 heavy (non-hydrogen) atoms. The SMILES string of the molecule is CC(C)(O)[C@H]1C[C@@H](O)[C@H](Nc2ncnc3n[nH]c(C(=O)N4C[C@@H](F)C[C@@H]4c4cc(F)ccc4F)c23)C1. The molecule has 12 heteroatoms. The van der Waals surface area contributed by atoms with E-state index < -0.39 is 47.5 Å². The topological polar surface area (TPSA) is 127 Å². The minimum absolute atomic E-state index is 0.0319. The van der Waals surface area contributed by atoms with E-state index in [0.717, 1.165) is 23.1 Å². The predicted octanol–water partition coefficient (Wildman–Crippen LogP) is 2.88. The van der Waals surface area contributed by atoms with Crippen molar-refractivity contribution in [1.82, 2.24) is 25.1 Å². The van der Waals surface area contributed by atoms with E-state index in [1.807, 2.05) is 0 Å². The van der Waals surface area contributed by atoms with Crippen LogP contribution in [0.5, 0.6) is 0 Å². The molecule has 5 atom stereocenters. The van der Waals surface area contributed by atoms with Crippen molar-refractivity contribution in [2.75, 3.05) is 11.9 Å². The summed E-state index contributed by atoms with van der Waals surface area (Å²) in [5.74, 6) is -1.99. The fourth-order valence-electron chi connectivity index (χ4n) is 5.26. The molecule has 1 saturated heterocycles. The Morgan fingerprint density at radius 2 is 2.00 bits per heavy atom. The number of fused-ring (bicyclic) bond motifs is 1. The smallest absolute Gasteiger partial charge is 0.273 e. The molecule has 2 aromatic heterocycles. The number of rotatable bonds is 5. The van der Waals surface area contributed by atoms with Gasteiger partial charge in [0.15, 0.2) is 5.65 Å². The van der Waals surface area contributed by atoms with Crippen molar-refractivity contribution in [3.63, 3.8) is 0 Å². The van der Waals surface area contributed by atoms with Crippen LogP contribution < -0.4 is 5.32 Å². The molecule has 2 fully saturated rings. The van der Waals surface area contributed by atoms with E-state index in [4.69, 9.17) is 0 Å². The summed E-state index contributed by atoms with van der Waals surface area (Å²) in [6, 6.07) is 1.43. The second-order valence-corrected chi connectivity index (χ2v) is 10.1. The van der Waals surface area contributed by atoms with Gasteiger partial charge >= 0.3 is 0 Å². The van der Waals surface area contributed by atoms with E-state index in [-0.39, 0.29) is 47.0 Å². The van der Waals surface area contributed by atoms with Crippen LogP contribution in [0.4, 0.5) is 19.0 Å². The van der Waals surface area contributed by atoms with E-state index in [2.05, 4.69) is 25.5 Å². The van der Waals surface area contributed by atoms with Crippen LogP contribution in [0, 0.1) is 17.6 Å². The van der Waals surface area contributed by atoms with Crippen molar-refractivity contribution in [1.29, 1.82) is 0 Å². The molecule has 1 saturated carbocycles. The third kappa shape index (κ3) is 4.39. The van der Waals surface area contributed by atoms with E-state index in [9.17, 15) is 28.2 Å². The molecule has 0 unspecified atom stereocenters. The number of amides is 1. The molecule has 1 aliphatic heterocycles. The van der Waals surface area contributed by atoms with Crippen molar-refractivity contribution >= 4 is 22.8 Å². The monoisotopic (exact) mass is 504 g/mol. The number of carbonyl (C=O) groups is 1. The van der Waals surface area contributed by atoms with Gasteiger partial charge in [-0.1, -0.05) is 0 Å². The van der Waals surface area contributed by atoms with E-state index in [1.54, 1.807) is 13.8 Å². The molecule has 192 valence electrons. The zero-order valence-corrected chi connectivity index (χ0v) is 19.8. The lowest BCUT2D eigenvalue weighted by Crippen LogP contribution is -2.33. The summed E-state index contributed by atoms with van der Waals surface area (Å²) in [5.41, 5.74) is -0.939. The Bertz CT molecular complexity index is 1300. The first kappa shape index (κ1) is 24.4. The molecule has 0 spiro atoms. The van der Waals surface area contributed by atoms with Gasteiger partial charge in [0.05, 0.1) is 35.7 Å². The molecule has 0 radical (unpaired) electrons. The number of aliphatic hydroxyl groups is 2. The Balaban J connectivity index is 1.47. The number of aliphatic hydroxyl groups excluding tert-OH is 1. The number of H-pyrrole nitrogens is 1. The van der Waals surface area contributed by atoms with Crippen molar-refractivity contribution in [2.45, 2.75) is 63.1 Å². The number of aromatic amines is 1. The van der Waals surface area contributed by atoms with E-state index in [0.29, 0.717) is 12.8 Å². The Labute approximate surface area is 204 Å². The zero-order valence-electron chi connectivity index (χ0n) is 19.8. The van der Waals surface area contributed by atoms with Crippen LogP contribution in [0.1, 0.15) is 55.2 Å². The quantitative estimate of drug-likeness (QED) is 0.421. The Kier molecular flexibility index (Phi) is 6.11. The highest BCUT2D eigenvalue weighted by molar-refractivity contribution is 6.07. The summed E-state index contributed by atoms with van der Waals surface area (Å²) in [4.78, 5) is 23.1. The highest BCUT2D eigenvalue weighted by atomic mass is 19.1. The van der Waals surface area contributed by atoms with Gasteiger partial charge in [-0.3, -0.25) is 9.89 Å². The fourth-order valence-corrected chi connectivity index (χ4v) is 5.26. The minimum Gasteiger partial charge on any atom is -0.391 e. The largest absolute Gasteiger partial charge is 0.391 e. The van der Waals surface area contributed by atoms with Crippen LogP contribution in [-0.2, 0) is 0 Å². The average Bonchev–Trinajstić information content (AvgIpc) is 3.52. The van der Waals surface area contributed by atoms with Gasteiger partial charge in [0.2, 0.25) is 0 Å². The number of likely N-dealkylation sites (tertiary alicyclic amines) is 1. The Morgan fingerprint density at radius 1 is 1.22 bits per heavy atom. The number of anilines is 1. The van der Waals surface area contributed by atoms with Gasteiger partial charge in [0.25, 0.3) is 5.91 Å². The minimum atomic E-state index is -1.42. The van der Waals surface area contributed by atoms with Gasteiger partial charge in [-0.15, -0.1) is 0 Å². The molecule has 1 aromatic carbocycles. The standard InChI is InChI=1S/C24H27F3N6O3/c1-24(2,36)11-5-16(18(34)6-11)30-21-19-20(31-32-22(19)29-10-28-21)23(35)33-9-13(26)8-17(33)14-7-12(25)3-4-15(14)27/h3-4,7,10-11,13,16-18,34,36H,5-6,8-9H2,1-2H3,(H2,28,29,30,31,32)/t11-,13+,16-,17-,18-/m1/s1. The van der Waals surface area contributed by atoms with Gasteiger partial charge in [-0.2, -0.15) is 5.10 Å². The first-order valence-electron chi connectivity index (χ1n) is 11.8. The summed E-state index contributed by atoms with van der Waals surface area (Å²) < 4.78 is 42.8. The number of benzene rings is 1. The second-order valence-electron chi connectivity index (χ2n) is 10.1. The number of alkyl halides is 1. The maximum Gasteiger partial charge on any atom is 0.273 e. The fraction of sp³-hybridized carbons (Fsp3) is 0.500. The number of carbonyl (C=O) groups excluding carboxylic acids is 1. The van der Waals surface area contributed by atoms with Crippen molar-refractivity contribution < 1.29 is 28.2 Å². The molecule has 1 aliphatic carbocycles. The second kappa shape index (κ2) is 9.00. The van der Waals surface area contributed by atoms with Gasteiger partial charge in [0.1, 0.15) is 35.6 Å². The molecule has 4 N–H and O–H groups in total. The summed E-state index contributed by atoms with van der Waals surface area (Å²) in [6.07, 6.45) is -0.243. The predicted molar refractivity (Wildman–Crippen MR) is 124 cm³/mol. The number of hydrogen-bond donors (Lipinski definition) is 4. The number of halogens is 3. The molecular formula is C24H27F3N6O3. The lowest BCUT2D eigenvalue weighted by Gasteiger charge is -2.25. The summed E-state index contributed by atoms with van der Waals surface area (Å²) >= 11 is 0. The molecular weight excluding hydrogens is 477 g/mol. The van der Waals surface area contributed by atoms with E-state index in [1.165, 1.54) is 6.33 Å². The molecule has 2 aliphatic rings. The molecule has 5 rings (SSSR count). The summed E-state index contributed by atoms with van der Waals surface area (Å²) in [6.45, 7) is 3.08. The number of nitrogens with one attached hydrogen (secondary N) is 2. The Hall–Kier alpha value is -3.25. The van der Waals surface area contributed by atoms with Crippen molar-refractivity contribution in [2.24, 2.45) is 5.92 Å². The highest BCUT2D eigenvalue weighted by Gasteiger charge is 2.42. The highest BCUT2D eigenvalue weighted by Crippen LogP contribution is 2.39. The van der Waals surface area contributed by atoms with Gasteiger partial charge in [0, 0.05) is 12.0 Å². The Morgan fingerprint density at radius 3 is 2.72 bits per heavy atom. The summed E-state index contributed by atoms with van der Waals surface area (Å²) in [5, 5.41) is 31.0. The van der Waals surface area contributed by atoms with Crippen LogP contribution in [0.2, 0.25) is 0 Å². The lowest BCUT2D eigenvalue weighted by atomic mass is 9.89. The molecule has 3 heterocycles.